The van der Waals surface area contributed by atoms with Gasteiger partial charge in [-0.1, -0.05) is 0 Å². The molecule has 8 heteroatoms. The second-order valence-corrected chi connectivity index (χ2v) is 6.60. The Morgan fingerprint density at radius 3 is 2.00 bits per heavy atom. The first-order valence-electron chi connectivity index (χ1n) is 3.78. The molecule has 0 aromatic carbocycles. The Labute approximate surface area is 85.1 Å². The summed E-state index contributed by atoms with van der Waals surface area (Å²) in [5.41, 5.74) is 0. The van der Waals surface area contributed by atoms with Crippen molar-refractivity contribution in [3.63, 3.8) is 0 Å². The fourth-order valence-electron chi connectivity index (χ4n) is 0.652. The van der Waals surface area contributed by atoms with Crippen molar-refractivity contribution in [3.8, 4) is 0 Å². The fourth-order valence-corrected chi connectivity index (χ4v) is 3.19. The molecule has 0 N–H and O–H groups in total. The molecule has 0 radical (unpaired) electrons. The van der Waals surface area contributed by atoms with E-state index in [1.807, 2.05) is 0 Å². The van der Waals surface area contributed by atoms with Gasteiger partial charge >= 0.3 is 84.8 Å². The van der Waals surface area contributed by atoms with E-state index in [-0.39, 0.29) is 6.61 Å². The molecular weight excluding hydrogens is 318 g/mol. The van der Waals surface area contributed by atoms with Crippen molar-refractivity contribution in [1.82, 2.24) is 0 Å². The van der Waals surface area contributed by atoms with Crippen LogP contribution in [-0.4, -0.2) is 49.7 Å². The number of hydrogen-bond acceptors (Lipinski definition) is 2. The van der Waals surface area contributed by atoms with E-state index in [4.69, 9.17) is 0 Å². The van der Waals surface area contributed by atoms with Crippen molar-refractivity contribution in [3.05, 3.63) is 0 Å². The number of rotatable bonds is 6. The maximum atomic E-state index is 12.7. The quantitative estimate of drug-likeness (QED) is 0.549. The third-order valence-electron chi connectivity index (χ3n) is 1.34. The monoisotopic (exact) mass is 328 g/mol. The standard InChI is InChI=1S/C4H4F5.C2H5O.O.Sn/c5-1-2(6)3(7)4(8)9;1-2-3;;/h1-4H;2H2,1H3;;/q;-1;;+1. The molecule has 2 nitrogen and oxygen atoms in total. The van der Waals surface area contributed by atoms with Gasteiger partial charge in [0.1, 0.15) is 0 Å². The Balaban J connectivity index is 4.23. The van der Waals surface area contributed by atoms with Crippen LogP contribution in [0.5, 0.6) is 0 Å². The molecule has 0 bridgehead atoms. The topological polar surface area (TPSA) is 26.3 Å². The van der Waals surface area contributed by atoms with Crippen molar-refractivity contribution in [2.45, 2.75) is 29.9 Å². The van der Waals surface area contributed by atoms with Gasteiger partial charge in [-0.2, -0.15) is 0 Å². The van der Waals surface area contributed by atoms with Crippen molar-refractivity contribution in [1.29, 1.82) is 0 Å². The molecular formula is C6H9F5O2Sn. The summed E-state index contributed by atoms with van der Waals surface area (Å²) in [6.07, 6.45) is -9.95. The van der Waals surface area contributed by atoms with Crippen LogP contribution >= 0.6 is 0 Å². The predicted molar refractivity (Wildman–Crippen MR) is 38.8 cm³/mol. The Morgan fingerprint density at radius 2 is 1.64 bits per heavy atom. The number of alkyl halides is 5. The first-order chi connectivity index (χ1) is 6.41. The molecule has 0 spiro atoms. The van der Waals surface area contributed by atoms with Crippen molar-refractivity contribution in [2.24, 2.45) is 0 Å². The molecule has 0 aromatic heterocycles. The Kier molecular flexibility index (Phi) is 6.75. The SMILES string of the molecule is CC[O][Sn](=[O])[CH](F)C(F)C(F)C(F)F. The van der Waals surface area contributed by atoms with Crippen LogP contribution in [0.25, 0.3) is 0 Å². The van der Waals surface area contributed by atoms with Gasteiger partial charge < -0.3 is 0 Å². The molecule has 14 heavy (non-hydrogen) atoms. The molecule has 0 aliphatic heterocycles. The summed E-state index contributed by atoms with van der Waals surface area (Å²) in [6.45, 7) is 1.27. The second-order valence-electron chi connectivity index (χ2n) is 2.38. The maximum absolute atomic E-state index is 12.7. The summed E-state index contributed by atoms with van der Waals surface area (Å²) >= 11 is -4.37. The van der Waals surface area contributed by atoms with Crippen molar-refractivity contribution >= 4 is 20.2 Å². The van der Waals surface area contributed by atoms with Gasteiger partial charge in [-0.25, -0.2) is 0 Å². The Morgan fingerprint density at radius 1 is 1.14 bits per heavy atom. The first-order valence-corrected chi connectivity index (χ1v) is 7.76. The summed E-state index contributed by atoms with van der Waals surface area (Å²) in [5, 5.41) is 0. The molecule has 0 saturated heterocycles. The molecule has 0 aromatic rings. The van der Waals surface area contributed by atoms with E-state index in [2.05, 4.69) is 3.07 Å². The molecule has 3 atom stereocenters. The van der Waals surface area contributed by atoms with E-state index < -0.39 is 43.1 Å². The van der Waals surface area contributed by atoms with Gasteiger partial charge in [-0.3, -0.25) is 0 Å². The zero-order valence-electron chi connectivity index (χ0n) is 7.22. The summed E-state index contributed by atoms with van der Waals surface area (Å²) in [6, 6.07) is 0. The minimum absolute atomic E-state index is 0.114. The van der Waals surface area contributed by atoms with E-state index in [1.54, 1.807) is 0 Å². The van der Waals surface area contributed by atoms with E-state index in [0.717, 1.165) is 0 Å². The zero-order chi connectivity index (χ0) is 11.3. The number of hydrogen-bond donors (Lipinski definition) is 0. The van der Waals surface area contributed by atoms with E-state index in [1.165, 1.54) is 6.92 Å². The van der Waals surface area contributed by atoms with Crippen LogP contribution in [0.15, 0.2) is 0 Å². The summed E-state index contributed by atoms with van der Waals surface area (Å²) < 4.78 is 72.9. The molecule has 0 amide bonds. The molecule has 0 saturated carbocycles. The van der Waals surface area contributed by atoms with Gasteiger partial charge in [0.15, 0.2) is 0 Å². The first kappa shape index (κ1) is 14.2. The van der Waals surface area contributed by atoms with Crippen LogP contribution in [0.2, 0.25) is 0 Å². The molecule has 3 unspecified atom stereocenters. The molecule has 0 aliphatic rings. The van der Waals surface area contributed by atoms with Crippen LogP contribution in [0, 0.1) is 0 Å². The normalized spacial score (nSPS) is 17.9. The third-order valence-corrected chi connectivity index (χ3v) is 5.17. The van der Waals surface area contributed by atoms with Crippen LogP contribution in [0.3, 0.4) is 0 Å². The third kappa shape index (κ3) is 4.16. The zero-order valence-corrected chi connectivity index (χ0v) is 10.1. The molecule has 84 valence electrons. The van der Waals surface area contributed by atoms with Gasteiger partial charge in [-0.05, 0) is 0 Å². The van der Waals surface area contributed by atoms with Crippen LogP contribution < -0.4 is 0 Å². The summed E-state index contributed by atoms with van der Waals surface area (Å²) in [4.78, 5) is 0. The van der Waals surface area contributed by atoms with Crippen molar-refractivity contribution < 1.29 is 28.1 Å². The van der Waals surface area contributed by atoms with Gasteiger partial charge in [0.2, 0.25) is 0 Å². The summed E-state index contributed by atoms with van der Waals surface area (Å²) in [5.74, 6) is 0. The van der Waals surface area contributed by atoms with Crippen LogP contribution in [0.1, 0.15) is 6.92 Å². The van der Waals surface area contributed by atoms with Gasteiger partial charge in [0.25, 0.3) is 0 Å². The average Bonchev–Trinajstić information content (AvgIpc) is 2.14. The van der Waals surface area contributed by atoms with Gasteiger partial charge in [0, 0.05) is 0 Å². The van der Waals surface area contributed by atoms with Crippen molar-refractivity contribution in [2.75, 3.05) is 6.61 Å². The van der Waals surface area contributed by atoms with Gasteiger partial charge in [0.05, 0.1) is 0 Å². The Hall–Kier alpha value is 0.209. The fraction of sp³-hybridized carbons (Fsp3) is 1.00. The van der Waals surface area contributed by atoms with E-state index in [0.29, 0.717) is 0 Å². The molecule has 0 aliphatic carbocycles. The average molecular weight is 327 g/mol. The van der Waals surface area contributed by atoms with Crippen LogP contribution in [0.4, 0.5) is 22.0 Å². The molecule has 0 heterocycles. The molecule has 0 fully saturated rings. The number of halogens is 5. The second kappa shape index (κ2) is 6.65. The predicted octanol–water partition coefficient (Wildman–Crippen LogP) is 1.76. The minimum atomic E-state index is -4.37. The van der Waals surface area contributed by atoms with E-state index >= 15 is 0 Å². The van der Waals surface area contributed by atoms with E-state index in [9.17, 15) is 25.0 Å². The Bertz CT molecular complexity index is 191. The summed E-state index contributed by atoms with van der Waals surface area (Å²) in [7, 11) is 0. The van der Waals surface area contributed by atoms with Gasteiger partial charge in [-0.15, -0.1) is 0 Å². The molecule has 0 rings (SSSR count). The van der Waals surface area contributed by atoms with Crippen LogP contribution in [-0.2, 0) is 6.15 Å².